The number of hydrogen-bond donors (Lipinski definition) is 3. The summed E-state index contributed by atoms with van der Waals surface area (Å²) in [5.74, 6) is -2.71. The number of carbonyl (C=O) groups is 5. The predicted molar refractivity (Wildman–Crippen MR) is 161 cm³/mol. The maximum absolute atomic E-state index is 13.3. The van der Waals surface area contributed by atoms with Crippen LogP contribution in [0.25, 0.3) is 0 Å². The van der Waals surface area contributed by atoms with E-state index < -0.39 is 59.3 Å². The summed E-state index contributed by atoms with van der Waals surface area (Å²) in [6, 6.07) is 4.99. The summed E-state index contributed by atoms with van der Waals surface area (Å²) in [6.07, 6.45) is -0.319. The van der Waals surface area contributed by atoms with Gasteiger partial charge in [0.15, 0.2) is 16.2 Å². The number of rotatable bonds is 11. The van der Waals surface area contributed by atoms with E-state index in [2.05, 4.69) is 14.7 Å². The zero-order valence-electron chi connectivity index (χ0n) is 23.3. The first-order valence-electron chi connectivity index (χ1n) is 12.6. The number of nitrogens with one attached hydrogen (secondary N) is 1. The number of carbonyl (C=O) groups excluding carboxylic acids is 5. The molecule has 0 radical (unpaired) electrons. The van der Waals surface area contributed by atoms with Crippen molar-refractivity contribution in [2.45, 2.75) is 42.6 Å². The van der Waals surface area contributed by atoms with E-state index in [1.807, 2.05) is 0 Å². The van der Waals surface area contributed by atoms with E-state index in [9.17, 15) is 29.1 Å². The summed E-state index contributed by atoms with van der Waals surface area (Å²) in [5.41, 5.74) is 5.41. The summed E-state index contributed by atoms with van der Waals surface area (Å²) in [5, 5.41) is 12.6. The van der Waals surface area contributed by atoms with E-state index in [-0.39, 0.29) is 35.8 Å². The monoisotopic (exact) mass is 671 g/mol. The second-order valence-electron chi connectivity index (χ2n) is 10.2. The van der Waals surface area contributed by atoms with E-state index in [4.69, 9.17) is 15.2 Å². The van der Waals surface area contributed by atoms with Crippen molar-refractivity contribution in [3.05, 3.63) is 53.0 Å². The van der Waals surface area contributed by atoms with Crippen LogP contribution in [-0.4, -0.2) is 85.2 Å². The van der Waals surface area contributed by atoms with Crippen LogP contribution in [0, 0.1) is 5.41 Å². The van der Waals surface area contributed by atoms with Crippen molar-refractivity contribution in [1.82, 2.24) is 19.6 Å². The Hall–Kier alpha value is -3.02. The molecule has 4 rings (SSSR count). The number of hydrogen-bond acceptors (Lipinski definition) is 14. The molecule has 2 amide bonds. The molecule has 3 heterocycles. The number of fused-ring (bicyclic) bond motifs is 1. The molecule has 232 valence electrons. The molecule has 13 nitrogen and oxygen atoms in total. The minimum absolute atomic E-state index is 0. The van der Waals surface area contributed by atoms with Gasteiger partial charge in [-0.15, -0.1) is 24.2 Å². The van der Waals surface area contributed by atoms with Gasteiger partial charge in [-0.3, -0.25) is 24.1 Å². The molecule has 1 aromatic heterocycles. The second-order valence-corrected chi connectivity index (χ2v) is 13.3. The average molecular weight is 672 g/mol. The summed E-state index contributed by atoms with van der Waals surface area (Å²) in [4.78, 5) is 69.1. The van der Waals surface area contributed by atoms with Crippen molar-refractivity contribution in [2.75, 3.05) is 24.8 Å². The van der Waals surface area contributed by atoms with Gasteiger partial charge in [0.05, 0.1) is 12.0 Å². The third-order valence-electron chi connectivity index (χ3n) is 6.23. The minimum Gasteiger partial charge on any atom is -0.427 e. The Kier molecular flexibility index (Phi) is 11.7. The maximum atomic E-state index is 13.3. The predicted octanol–water partition coefficient (Wildman–Crippen LogP) is 1.67. The van der Waals surface area contributed by atoms with E-state index in [1.165, 1.54) is 58.4 Å². The van der Waals surface area contributed by atoms with E-state index >= 15 is 0 Å². The van der Waals surface area contributed by atoms with Crippen molar-refractivity contribution in [2.24, 2.45) is 11.1 Å². The van der Waals surface area contributed by atoms with Gasteiger partial charge in [-0.1, -0.05) is 36.0 Å². The Morgan fingerprint density at radius 1 is 1.23 bits per heavy atom. The number of ether oxygens (including phenoxy) is 2. The molecule has 0 spiro atoms. The molecule has 1 fully saturated rings. The lowest BCUT2D eigenvalue weighted by Gasteiger charge is -2.49. The van der Waals surface area contributed by atoms with Crippen LogP contribution in [0.15, 0.2) is 46.2 Å². The topological polar surface area (TPSA) is 191 Å². The normalized spacial score (nSPS) is 18.5. The average Bonchev–Trinajstić information content (AvgIpc) is 3.50. The van der Waals surface area contributed by atoms with Crippen LogP contribution >= 0.6 is 47.5 Å². The van der Waals surface area contributed by atoms with E-state index in [1.54, 1.807) is 32.9 Å². The Balaban J connectivity index is 0.00000506. The molecule has 0 saturated carbocycles. The summed E-state index contributed by atoms with van der Waals surface area (Å²) in [6.45, 7) is 4.03. The molecule has 17 heteroatoms. The van der Waals surface area contributed by atoms with Crippen molar-refractivity contribution in [1.29, 1.82) is 0 Å². The molecule has 0 aliphatic carbocycles. The highest BCUT2D eigenvalue weighted by molar-refractivity contribution is 8.01. The number of benzene rings is 1. The first kappa shape index (κ1) is 34.5. The smallest absolute Gasteiger partial charge is 0.357 e. The number of esters is 2. The molecule has 0 bridgehead atoms. The van der Waals surface area contributed by atoms with Gasteiger partial charge in [0, 0.05) is 22.6 Å². The number of nitrogens with zero attached hydrogens (tertiary/aromatic N) is 3. The third-order valence-corrected chi connectivity index (χ3v) is 9.45. The number of aliphatic hydroxyl groups is 1. The highest BCUT2D eigenvalue weighted by Crippen LogP contribution is 2.42. The fourth-order valence-corrected chi connectivity index (χ4v) is 6.98. The van der Waals surface area contributed by atoms with Crippen LogP contribution in [0.3, 0.4) is 0 Å². The molecular formula is C26H30ClN5O8S3. The fourth-order valence-electron chi connectivity index (χ4n) is 4.05. The number of Topliss-reactive ketones (excluding diaryl/α,β-unsaturated/α-hetero) is 1. The summed E-state index contributed by atoms with van der Waals surface area (Å²) >= 11 is 3.85. The molecule has 2 aromatic rings. The van der Waals surface area contributed by atoms with Crippen LogP contribution < -0.4 is 11.1 Å². The molecule has 3 atom stereocenters. The Labute approximate surface area is 265 Å². The van der Waals surface area contributed by atoms with E-state index in [0.29, 0.717) is 21.4 Å². The Bertz CT molecular complexity index is 1420. The molecule has 43 heavy (non-hydrogen) atoms. The highest BCUT2D eigenvalue weighted by Gasteiger charge is 2.54. The van der Waals surface area contributed by atoms with Crippen LogP contribution in [-0.2, 0) is 28.7 Å². The highest BCUT2D eigenvalue weighted by atomic mass is 35.5. The van der Waals surface area contributed by atoms with Crippen molar-refractivity contribution in [3.63, 3.8) is 0 Å². The quantitative estimate of drug-likeness (QED) is 0.103. The molecule has 2 unspecified atom stereocenters. The number of ketones is 1. The van der Waals surface area contributed by atoms with Crippen LogP contribution in [0.4, 0.5) is 0 Å². The zero-order chi connectivity index (χ0) is 30.6. The van der Waals surface area contributed by atoms with E-state index in [0.717, 1.165) is 0 Å². The third kappa shape index (κ3) is 7.74. The number of amides is 2. The first-order valence-corrected chi connectivity index (χ1v) is 15.5. The number of aromatic nitrogens is 2. The number of nitrogens with two attached hydrogens (primary N) is 1. The summed E-state index contributed by atoms with van der Waals surface area (Å²) < 4.78 is 14.9. The molecule has 2 aliphatic heterocycles. The SMILES string of the molecule is CC(C)(C)C(=O)OCOC(=O)C1=C(CSc2ncns2)CS[C@H]2C(NC(=O)C(O)c3ccccc3C(=O)CN)C(=O)N12.Cl. The van der Waals surface area contributed by atoms with Crippen molar-refractivity contribution < 1.29 is 38.6 Å². The Morgan fingerprint density at radius 2 is 1.95 bits per heavy atom. The van der Waals surface area contributed by atoms with Gasteiger partial charge in [0.1, 0.15) is 23.4 Å². The maximum Gasteiger partial charge on any atom is 0.357 e. The molecule has 1 aromatic carbocycles. The standard InChI is InChI=1S/C26H29N5O8S3.ClH/c1-26(2,3)24(37)39-12-38-23(36)18-13(10-41-25-28-11-29-42-25)9-40-22-17(21(35)31(18)22)30-20(34)19(33)15-7-5-4-6-14(15)16(32)8-27;/h4-7,11,17,19,22,33H,8-10,12,27H2,1-3H3,(H,30,34);1H/t17?,19?,22-;/m0./s1. The number of halogens is 1. The first-order chi connectivity index (χ1) is 19.9. The van der Waals surface area contributed by atoms with Gasteiger partial charge < -0.3 is 25.6 Å². The summed E-state index contributed by atoms with van der Waals surface area (Å²) in [7, 11) is 0. The van der Waals surface area contributed by atoms with Gasteiger partial charge in [0.2, 0.25) is 6.79 Å². The number of β-lactam (4-membered cyclic amide) rings is 1. The second kappa shape index (κ2) is 14.6. The zero-order valence-corrected chi connectivity index (χ0v) is 26.6. The molecular weight excluding hydrogens is 642 g/mol. The largest absolute Gasteiger partial charge is 0.427 e. The van der Waals surface area contributed by atoms with Crippen molar-refractivity contribution >= 4 is 77.0 Å². The minimum atomic E-state index is -1.73. The van der Waals surface area contributed by atoms with Gasteiger partial charge in [-0.2, -0.15) is 4.37 Å². The lowest BCUT2D eigenvalue weighted by atomic mass is 9.97. The molecule has 1 saturated heterocycles. The molecule has 4 N–H and O–H groups in total. The molecule has 2 aliphatic rings. The van der Waals surface area contributed by atoms with Gasteiger partial charge in [0.25, 0.3) is 11.8 Å². The fraction of sp³-hybridized carbons (Fsp3) is 0.423. The van der Waals surface area contributed by atoms with Gasteiger partial charge >= 0.3 is 11.9 Å². The van der Waals surface area contributed by atoms with Gasteiger partial charge in [-0.25, -0.2) is 9.78 Å². The number of aliphatic hydroxyl groups excluding tert-OH is 1. The lowest BCUT2D eigenvalue weighted by molar-refractivity contribution is -0.173. The van der Waals surface area contributed by atoms with Gasteiger partial charge in [-0.05, 0) is 37.9 Å². The lowest BCUT2D eigenvalue weighted by Crippen LogP contribution is -2.71. The van der Waals surface area contributed by atoms with Crippen LogP contribution in [0.2, 0.25) is 0 Å². The van der Waals surface area contributed by atoms with Crippen LogP contribution in [0.1, 0.15) is 42.8 Å². The van der Waals surface area contributed by atoms with Crippen LogP contribution in [0.5, 0.6) is 0 Å². The Morgan fingerprint density at radius 3 is 2.60 bits per heavy atom. The number of thioether (sulfide) groups is 2. The van der Waals surface area contributed by atoms with Crippen molar-refractivity contribution in [3.8, 4) is 0 Å².